The van der Waals surface area contributed by atoms with E-state index >= 15 is 0 Å². The van der Waals surface area contributed by atoms with Crippen molar-refractivity contribution in [1.82, 2.24) is 15.2 Å². The molecule has 32 heavy (non-hydrogen) atoms. The Balaban J connectivity index is 1.43. The predicted octanol–water partition coefficient (Wildman–Crippen LogP) is 4.46. The van der Waals surface area contributed by atoms with Crippen LogP contribution in [0.25, 0.3) is 11.1 Å². The predicted molar refractivity (Wildman–Crippen MR) is 127 cm³/mol. The van der Waals surface area contributed by atoms with Crippen molar-refractivity contribution in [2.45, 2.75) is 25.4 Å². The van der Waals surface area contributed by atoms with Crippen LogP contribution in [0.5, 0.6) is 0 Å². The number of benzene rings is 2. The van der Waals surface area contributed by atoms with E-state index < -0.39 is 0 Å². The third kappa shape index (κ3) is 5.81. The third-order valence-electron chi connectivity index (χ3n) is 6.08. The minimum absolute atomic E-state index is 0.0630. The lowest BCUT2D eigenvalue weighted by Crippen LogP contribution is -2.43. The first kappa shape index (κ1) is 22.2. The first-order valence-corrected chi connectivity index (χ1v) is 11.3. The lowest BCUT2D eigenvalue weighted by atomic mass is 9.88. The van der Waals surface area contributed by atoms with Gasteiger partial charge in [0.2, 0.25) is 5.91 Å². The summed E-state index contributed by atoms with van der Waals surface area (Å²) >= 11 is 0. The molecule has 2 heterocycles. The summed E-state index contributed by atoms with van der Waals surface area (Å²) in [6.45, 7) is 2.97. The third-order valence-corrected chi connectivity index (χ3v) is 6.08. The zero-order chi connectivity index (χ0) is 22.2. The van der Waals surface area contributed by atoms with Crippen LogP contribution in [0.4, 0.5) is 0 Å². The van der Waals surface area contributed by atoms with E-state index in [2.05, 4.69) is 63.7 Å². The molecular formula is C27H31N3O2. The summed E-state index contributed by atoms with van der Waals surface area (Å²) in [6, 6.07) is 25.1. The number of pyridine rings is 1. The highest BCUT2D eigenvalue weighted by Crippen LogP contribution is 2.30. The van der Waals surface area contributed by atoms with Gasteiger partial charge in [-0.2, -0.15) is 0 Å². The summed E-state index contributed by atoms with van der Waals surface area (Å²) in [5.74, 6) is 0.208. The largest absolute Gasteiger partial charge is 0.375 e. The van der Waals surface area contributed by atoms with E-state index in [0.717, 1.165) is 38.2 Å². The minimum atomic E-state index is -0.109. The molecule has 5 heteroatoms. The molecule has 1 fully saturated rings. The number of nitrogens with zero attached hydrogens (tertiary/aromatic N) is 2. The number of methoxy groups -OCH3 is 1. The van der Waals surface area contributed by atoms with Crippen molar-refractivity contribution in [1.29, 1.82) is 0 Å². The molecule has 1 amide bonds. The van der Waals surface area contributed by atoms with E-state index in [9.17, 15) is 4.79 Å². The second-order valence-corrected chi connectivity index (χ2v) is 8.43. The van der Waals surface area contributed by atoms with Crippen LogP contribution in [0.1, 0.15) is 30.1 Å². The fraction of sp³-hybridized carbons (Fsp3) is 0.333. The number of aromatic nitrogens is 1. The highest BCUT2D eigenvalue weighted by molar-refractivity contribution is 5.77. The quantitative estimate of drug-likeness (QED) is 0.574. The number of ether oxygens (including phenoxy) is 1. The molecule has 0 spiro atoms. The topological polar surface area (TPSA) is 54.5 Å². The highest BCUT2D eigenvalue weighted by Gasteiger charge is 2.30. The molecule has 2 atom stereocenters. The molecule has 1 aliphatic heterocycles. The number of rotatable bonds is 8. The molecule has 3 aromatic rings. The molecule has 1 saturated heterocycles. The number of carbonyl (C=O) groups is 1. The van der Waals surface area contributed by atoms with Crippen molar-refractivity contribution in [2.75, 3.05) is 26.8 Å². The summed E-state index contributed by atoms with van der Waals surface area (Å²) < 4.78 is 5.03. The lowest BCUT2D eigenvalue weighted by Gasteiger charge is -2.37. The second-order valence-electron chi connectivity index (χ2n) is 8.43. The number of hydrogen-bond acceptors (Lipinski definition) is 4. The first-order valence-electron chi connectivity index (χ1n) is 11.3. The second kappa shape index (κ2) is 11.0. The molecular weight excluding hydrogens is 398 g/mol. The maximum Gasteiger partial charge on any atom is 0.246 e. The Morgan fingerprint density at radius 2 is 1.81 bits per heavy atom. The molecule has 0 saturated carbocycles. The van der Waals surface area contributed by atoms with E-state index in [1.807, 2.05) is 24.3 Å². The van der Waals surface area contributed by atoms with Gasteiger partial charge in [-0.3, -0.25) is 14.7 Å². The Kier molecular flexibility index (Phi) is 7.64. The Bertz CT molecular complexity index is 977. The Labute approximate surface area is 190 Å². The lowest BCUT2D eigenvalue weighted by molar-refractivity contribution is -0.126. The zero-order valence-corrected chi connectivity index (χ0v) is 18.6. The molecule has 0 unspecified atom stereocenters. The van der Waals surface area contributed by atoms with Crippen molar-refractivity contribution < 1.29 is 9.53 Å². The van der Waals surface area contributed by atoms with Gasteiger partial charge in [-0.05, 0) is 54.1 Å². The van der Waals surface area contributed by atoms with Gasteiger partial charge in [-0.25, -0.2) is 0 Å². The van der Waals surface area contributed by atoms with Crippen LogP contribution >= 0.6 is 0 Å². The maximum atomic E-state index is 12.3. The van der Waals surface area contributed by atoms with Gasteiger partial charge in [0.05, 0.1) is 11.7 Å². The van der Waals surface area contributed by atoms with Crippen LogP contribution in [-0.4, -0.2) is 42.6 Å². The molecule has 1 N–H and O–H groups in total. The van der Waals surface area contributed by atoms with Crippen molar-refractivity contribution in [3.8, 4) is 11.1 Å². The van der Waals surface area contributed by atoms with Gasteiger partial charge in [0.1, 0.15) is 6.61 Å². The van der Waals surface area contributed by atoms with Crippen LogP contribution in [0.2, 0.25) is 0 Å². The van der Waals surface area contributed by atoms with E-state index in [4.69, 9.17) is 4.74 Å². The number of hydrogen-bond donors (Lipinski definition) is 1. The fourth-order valence-electron chi connectivity index (χ4n) is 4.54. The SMILES string of the molecule is COCC(=O)N[C@@H](c1ccccn1)[C@@H]1CCCN(Cc2ccc(-c3ccccc3)cc2)C1. The van der Waals surface area contributed by atoms with E-state index in [0.29, 0.717) is 5.92 Å². The van der Waals surface area contributed by atoms with Gasteiger partial charge in [0.15, 0.2) is 0 Å². The monoisotopic (exact) mass is 429 g/mol. The highest BCUT2D eigenvalue weighted by atomic mass is 16.5. The number of nitrogens with one attached hydrogen (secondary N) is 1. The van der Waals surface area contributed by atoms with Crippen LogP contribution in [0.3, 0.4) is 0 Å². The van der Waals surface area contributed by atoms with Gasteiger partial charge in [0.25, 0.3) is 0 Å². The van der Waals surface area contributed by atoms with Gasteiger partial charge in [-0.15, -0.1) is 0 Å². The normalized spacial score (nSPS) is 17.6. The fourth-order valence-corrected chi connectivity index (χ4v) is 4.54. The zero-order valence-electron chi connectivity index (χ0n) is 18.6. The van der Waals surface area contributed by atoms with Crippen LogP contribution in [-0.2, 0) is 16.1 Å². The number of piperidine rings is 1. The Morgan fingerprint density at radius 1 is 1.06 bits per heavy atom. The number of amides is 1. The molecule has 0 radical (unpaired) electrons. The van der Waals surface area contributed by atoms with Crippen LogP contribution < -0.4 is 5.32 Å². The molecule has 0 aliphatic carbocycles. The summed E-state index contributed by atoms with van der Waals surface area (Å²) in [4.78, 5) is 19.3. The maximum absolute atomic E-state index is 12.3. The summed E-state index contributed by atoms with van der Waals surface area (Å²) in [5, 5.41) is 3.16. The van der Waals surface area contributed by atoms with Gasteiger partial charge < -0.3 is 10.1 Å². The molecule has 166 valence electrons. The smallest absolute Gasteiger partial charge is 0.246 e. The van der Waals surface area contributed by atoms with E-state index in [-0.39, 0.29) is 18.6 Å². The molecule has 1 aliphatic rings. The summed E-state index contributed by atoms with van der Waals surface area (Å²) in [6.07, 6.45) is 3.97. The molecule has 1 aromatic heterocycles. The molecule has 2 aromatic carbocycles. The van der Waals surface area contributed by atoms with E-state index in [1.165, 1.54) is 16.7 Å². The van der Waals surface area contributed by atoms with Crippen molar-refractivity contribution in [3.63, 3.8) is 0 Å². The Morgan fingerprint density at radius 3 is 2.53 bits per heavy atom. The first-order chi connectivity index (χ1) is 15.7. The Hall–Kier alpha value is -3.02. The summed E-state index contributed by atoms with van der Waals surface area (Å²) in [7, 11) is 1.54. The average Bonchev–Trinajstić information content (AvgIpc) is 2.84. The van der Waals surface area contributed by atoms with Gasteiger partial charge in [-0.1, -0.05) is 60.7 Å². The standard InChI is InChI=1S/C27H31N3O2/c1-32-20-26(31)29-27(25-11-5-6-16-28-25)24-10-7-17-30(19-24)18-21-12-14-23(15-13-21)22-8-3-2-4-9-22/h2-6,8-9,11-16,24,27H,7,10,17-20H2,1H3,(H,29,31)/t24-,27-/m1/s1. The van der Waals surface area contributed by atoms with Crippen molar-refractivity contribution in [3.05, 3.63) is 90.3 Å². The molecule has 0 bridgehead atoms. The average molecular weight is 430 g/mol. The van der Waals surface area contributed by atoms with Crippen molar-refractivity contribution in [2.24, 2.45) is 5.92 Å². The van der Waals surface area contributed by atoms with Crippen molar-refractivity contribution >= 4 is 5.91 Å². The van der Waals surface area contributed by atoms with Crippen LogP contribution in [0.15, 0.2) is 79.0 Å². The molecule has 4 rings (SSSR count). The number of likely N-dealkylation sites (tertiary alicyclic amines) is 1. The molecule has 5 nitrogen and oxygen atoms in total. The van der Waals surface area contributed by atoms with Gasteiger partial charge >= 0.3 is 0 Å². The van der Waals surface area contributed by atoms with E-state index in [1.54, 1.807) is 13.3 Å². The number of carbonyl (C=O) groups excluding carboxylic acids is 1. The minimum Gasteiger partial charge on any atom is -0.375 e. The summed E-state index contributed by atoms with van der Waals surface area (Å²) in [5.41, 5.74) is 4.70. The van der Waals surface area contributed by atoms with Gasteiger partial charge in [0, 0.05) is 26.4 Å². The van der Waals surface area contributed by atoms with Crippen LogP contribution in [0, 0.1) is 5.92 Å².